The summed E-state index contributed by atoms with van der Waals surface area (Å²) < 4.78 is 18.4. The van der Waals surface area contributed by atoms with E-state index in [-0.39, 0.29) is 17.7 Å². The molecule has 1 aliphatic heterocycles. The van der Waals surface area contributed by atoms with Crippen molar-refractivity contribution in [2.45, 2.75) is 40.0 Å². The zero-order valence-electron chi connectivity index (χ0n) is 25.0. The SMILES string of the molecule is CCOc1cc([C@@H]2NC(=O)NC(C)=C2C(=O)OC)ccc1OC[C@@H](O)N/N=C\c1cc(C)n(-c2ccc(C(=O)O)cc2)c1C. The highest BCUT2D eigenvalue weighted by Gasteiger charge is 2.32. The van der Waals surface area contributed by atoms with Crippen molar-refractivity contribution in [1.82, 2.24) is 20.6 Å². The molecule has 0 bridgehead atoms. The zero-order chi connectivity index (χ0) is 32.0. The summed E-state index contributed by atoms with van der Waals surface area (Å²) in [6.45, 7) is 7.43. The van der Waals surface area contributed by atoms with E-state index in [2.05, 4.69) is 21.2 Å². The Morgan fingerprint density at radius 2 is 1.82 bits per heavy atom. The maximum atomic E-state index is 12.4. The quantitative estimate of drug-likeness (QED) is 0.0899. The van der Waals surface area contributed by atoms with Gasteiger partial charge in [0.15, 0.2) is 17.7 Å². The molecule has 2 aromatic carbocycles. The van der Waals surface area contributed by atoms with Crippen molar-refractivity contribution in [2.75, 3.05) is 20.3 Å². The fourth-order valence-electron chi connectivity index (χ4n) is 4.88. The number of hydrogen-bond acceptors (Lipinski definition) is 9. The first-order valence-electron chi connectivity index (χ1n) is 13.8. The van der Waals surface area contributed by atoms with Crippen LogP contribution in [0.3, 0.4) is 0 Å². The number of methoxy groups -OCH3 is 1. The van der Waals surface area contributed by atoms with E-state index in [1.54, 1.807) is 62.5 Å². The number of ether oxygens (including phenoxy) is 3. The van der Waals surface area contributed by atoms with E-state index >= 15 is 0 Å². The molecule has 0 fully saturated rings. The summed E-state index contributed by atoms with van der Waals surface area (Å²) in [5.41, 5.74) is 7.50. The fourth-order valence-corrected chi connectivity index (χ4v) is 4.88. The van der Waals surface area contributed by atoms with E-state index in [4.69, 9.17) is 19.3 Å². The molecule has 0 saturated carbocycles. The number of urea groups is 1. The molecule has 13 nitrogen and oxygen atoms in total. The number of aliphatic hydroxyl groups excluding tert-OH is 1. The molecule has 44 heavy (non-hydrogen) atoms. The number of hydrogen-bond donors (Lipinski definition) is 5. The molecular weight excluding hydrogens is 570 g/mol. The molecule has 1 aromatic heterocycles. The summed E-state index contributed by atoms with van der Waals surface area (Å²) in [6.07, 6.45) is 0.420. The number of nitrogens with zero attached hydrogens (tertiary/aromatic N) is 2. The largest absolute Gasteiger partial charge is 0.490 e. The van der Waals surface area contributed by atoms with Crippen LogP contribution in [-0.2, 0) is 9.53 Å². The fraction of sp³-hybridized carbons (Fsp3) is 0.290. The number of amides is 2. The number of esters is 1. The Morgan fingerprint density at radius 1 is 1.09 bits per heavy atom. The van der Waals surface area contributed by atoms with Crippen LogP contribution in [0.4, 0.5) is 4.79 Å². The van der Waals surface area contributed by atoms with Crippen LogP contribution in [0.5, 0.6) is 11.5 Å². The van der Waals surface area contributed by atoms with Gasteiger partial charge < -0.3 is 39.6 Å². The van der Waals surface area contributed by atoms with Crippen molar-refractivity contribution in [1.29, 1.82) is 0 Å². The van der Waals surface area contributed by atoms with Crippen molar-refractivity contribution >= 4 is 24.2 Å². The summed E-state index contributed by atoms with van der Waals surface area (Å²) >= 11 is 0. The van der Waals surface area contributed by atoms with Gasteiger partial charge in [-0.3, -0.25) is 5.43 Å². The van der Waals surface area contributed by atoms with Crippen molar-refractivity contribution in [3.05, 3.63) is 87.9 Å². The first kappa shape index (κ1) is 31.6. The molecule has 2 heterocycles. The molecule has 5 N–H and O–H groups in total. The predicted octanol–water partition coefficient (Wildman–Crippen LogP) is 3.31. The minimum absolute atomic E-state index is 0.164. The molecule has 4 rings (SSSR count). The Kier molecular flexibility index (Phi) is 9.91. The molecule has 3 aromatic rings. The van der Waals surface area contributed by atoms with Crippen molar-refractivity contribution in [3.63, 3.8) is 0 Å². The van der Waals surface area contributed by atoms with Crippen LogP contribution < -0.4 is 25.5 Å². The number of aliphatic hydroxyl groups is 1. The number of benzene rings is 2. The Balaban J connectivity index is 1.42. The van der Waals surface area contributed by atoms with Gasteiger partial charge in [-0.15, -0.1) is 0 Å². The lowest BCUT2D eigenvalue weighted by Gasteiger charge is -2.28. The minimum atomic E-state index is -1.16. The van der Waals surface area contributed by atoms with Crippen LogP contribution in [-0.4, -0.2) is 65.5 Å². The number of aryl methyl sites for hydroxylation is 1. The third-order valence-electron chi connectivity index (χ3n) is 6.94. The molecule has 1 aliphatic rings. The molecule has 0 spiro atoms. The summed E-state index contributed by atoms with van der Waals surface area (Å²) in [5.74, 6) is -0.860. The summed E-state index contributed by atoms with van der Waals surface area (Å²) in [7, 11) is 1.27. The highest BCUT2D eigenvalue weighted by atomic mass is 16.5. The van der Waals surface area contributed by atoms with Crippen molar-refractivity contribution < 1.29 is 38.8 Å². The maximum absolute atomic E-state index is 12.4. The Hall–Kier alpha value is -5.30. The predicted molar refractivity (Wildman–Crippen MR) is 161 cm³/mol. The van der Waals surface area contributed by atoms with Gasteiger partial charge in [-0.2, -0.15) is 5.10 Å². The molecule has 0 aliphatic carbocycles. The molecule has 2 amide bonds. The topological polar surface area (TPSA) is 173 Å². The number of carboxylic acids is 1. The second-order valence-corrected chi connectivity index (χ2v) is 9.93. The van der Waals surface area contributed by atoms with E-state index in [9.17, 15) is 19.5 Å². The zero-order valence-corrected chi connectivity index (χ0v) is 25.0. The lowest BCUT2D eigenvalue weighted by Crippen LogP contribution is -2.45. The van der Waals surface area contributed by atoms with Crippen LogP contribution >= 0.6 is 0 Å². The molecule has 232 valence electrons. The lowest BCUT2D eigenvalue weighted by atomic mass is 9.95. The van der Waals surface area contributed by atoms with Gasteiger partial charge in [0, 0.05) is 28.3 Å². The maximum Gasteiger partial charge on any atom is 0.337 e. The average Bonchev–Trinajstić information content (AvgIpc) is 3.28. The number of hydrazone groups is 1. The smallest absolute Gasteiger partial charge is 0.337 e. The third kappa shape index (κ3) is 7.01. The van der Waals surface area contributed by atoms with Gasteiger partial charge in [-0.25, -0.2) is 14.4 Å². The van der Waals surface area contributed by atoms with Gasteiger partial charge in [0.2, 0.25) is 0 Å². The average molecular weight is 606 g/mol. The normalized spacial score (nSPS) is 15.4. The van der Waals surface area contributed by atoms with Gasteiger partial charge in [-0.05, 0) is 75.7 Å². The number of allylic oxidation sites excluding steroid dienone is 1. The van der Waals surface area contributed by atoms with Gasteiger partial charge in [0.25, 0.3) is 0 Å². The first-order chi connectivity index (χ1) is 21.0. The summed E-state index contributed by atoms with van der Waals surface area (Å²) in [4.78, 5) is 35.8. The number of aromatic nitrogens is 1. The van der Waals surface area contributed by atoms with E-state index in [0.29, 0.717) is 29.4 Å². The molecular formula is C31H35N5O8. The monoisotopic (exact) mass is 605 g/mol. The van der Waals surface area contributed by atoms with E-state index in [1.165, 1.54) is 7.11 Å². The van der Waals surface area contributed by atoms with Crippen molar-refractivity contribution in [2.24, 2.45) is 5.10 Å². The minimum Gasteiger partial charge on any atom is -0.490 e. The second kappa shape index (κ2) is 13.8. The van der Waals surface area contributed by atoms with Gasteiger partial charge >= 0.3 is 18.0 Å². The van der Waals surface area contributed by atoms with Crippen LogP contribution in [0.1, 0.15) is 52.8 Å². The number of rotatable bonds is 12. The number of carboxylic acid groups (broad SMARTS) is 1. The van der Waals surface area contributed by atoms with Crippen molar-refractivity contribution in [3.8, 4) is 17.2 Å². The van der Waals surface area contributed by atoms with Crippen LogP contribution in [0.15, 0.2) is 64.9 Å². The molecule has 2 atom stereocenters. The van der Waals surface area contributed by atoms with Crippen LogP contribution in [0.25, 0.3) is 5.69 Å². The molecule has 13 heteroatoms. The Morgan fingerprint density at radius 3 is 2.48 bits per heavy atom. The van der Waals surface area contributed by atoms with Gasteiger partial charge in [-0.1, -0.05) is 6.07 Å². The van der Waals surface area contributed by atoms with Crippen LogP contribution in [0.2, 0.25) is 0 Å². The van der Waals surface area contributed by atoms with E-state index in [0.717, 1.165) is 22.6 Å². The standard InChI is InChI=1S/C31H35N5O8/c1-6-43-25-14-21(28-27(30(40)42-5)18(3)33-31(41)34-28)9-12-24(25)44-16-26(37)35-32-15-22-13-17(2)36(19(22)4)23-10-7-20(8-11-23)29(38)39/h7-15,26,28,35,37H,6,16H2,1-5H3,(H,38,39)(H2,33,34,41)/b32-15-/t26-,28+/m1/s1. The molecule has 0 radical (unpaired) electrons. The summed E-state index contributed by atoms with van der Waals surface area (Å²) in [6, 6.07) is 12.3. The van der Waals surface area contributed by atoms with Gasteiger partial charge in [0.05, 0.1) is 37.1 Å². The van der Waals surface area contributed by atoms with E-state index < -0.39 is 30.2 Å². The number of carbonyl (C=O) groups excluding carboxylic acids is 2. The summed E-state index contributed by atoms with van der Waals surface area (Å²) in [5, 5.41) is 29.1. The van der Waals surface area contributed by atoms with Crippen LogP contribution in [0, 0.1) is 13.8 Å². The first-order valence-corrected chi connectivity index (χ1v) is 13.8. The lowest BCUT2D eigenvalue weighted by molar-refractivity contribution is -0.136. The van der Waals surface area contributed by atoms with Gasteiger partial charge in [0.1, 0.15) is 6.61 Å². The molecule has 0 saturated heterocycles. The van der Waals surface area contributed by atoms with E-state index in [1.807, 2.05) is 24.5 Å². The Labute approximate surface area is 254 Å². The number of nitrogens with one attached hydrogen (secondary N) is 3. The number of carbonyl (C=O) groups is 3. The number of aromatic carboxylic acids is 1. The molecule has 0 unspecified atom stereocenters. The highest BCUT2D eigenvalue weighted by molar-refractivity contribution is 5.95. The highest BCUT2D eigenvalue weighted by Crippen LogP contribution is 2.35. The Bertz CT molecular complexity index is 1610. The second-order valence-electron chi connectivity index (χ2n) is 9.93. The third-order valence-corrected chi connectivity index (χ3v) is 6.94.